The van der Waals surface area contributed by atoms with Gasteiger partial charge in [-0.3, -0.25) is 0 Å². The molecule has 0 saturated heterocycles. The summed E-state index contributed by atoms with van der Waals surface area (Å²) in [7, 11) is 0. The lowest BCUT2D eigenvalue weighted by Gasteiger charge is -2.39. The molecule has 0 fully saturated rings. The highest BCUT2D eigenvalue weighted by atomic mass is 35.5. The molecule has 0 N–H and O–H groups in total. The Bertz CT molecular complexity index is 2110. The zero-order valence-electron chi connectivity index (χ0n) is 21.4. The van der Waals surface area contributed by atoms with E-state index in [1.54, 1.807) is 0 Å². The quantitative estimate of drug-likeness (QED) is 0.205. The maximum Gasteiger partial charge on any atom is 0.133 e. The molecule has 0 radical (unpaired) electrons. The van der Waals surface area contributed by atoms with Crippen LogP contribution in [-0.2, 0) is 5.41 Å². The Balaban J connectivity index is 1.49. The Hall–Kier alpha value is -4.79. The molecular formula is C37H22ClNO. The highest BCUT2D eigenvalue weighted by Gasteiger charge is 2.51. The molecule has 188 valence electrons. The molecule has 1 aromatic heterocycles. The fourth-order valence-electron chi connectivity index (χ4n) is 7.20. The van der Waals surface area contributed by atoms with Crippen molar-refractivity contribution in [3.05, 3.63) is 161 Å². The summed E-state index contributed by atoms with van der Waals surface area (Å²) >= 11 is 6.56. The molecule has 0 atom stereocenters. The van der Waals surface area contributed by atoms with Gasteiger partial charge in [0, 0.05) is 32.6 Å². The van der Waals surface area contributed by atoms with Gasteiger partial charge in [0.1, 0.15) is 11.5 Å². The molecule has 0 amide bonds. The van der Waals surface area contributed by atoms with Gasteiger partial charge in [-0.05, 0) is 64.7 Å². The second kappa shape index (κ2) is 7.88. The van der Waals surface area contributed by atoms with Crippen molar-refractivity contribution in [1.82, 2.24) is 4.57 Å². The first-order valence-corrected chi connectivity index (χ1v) is 13.9. The minimum absolute atomic E-state index is 0.535. The summed E-state index contributed by atoms with van der Waals surface area (Å²) in [5, 5.41) is 3.03. The van der Waals surface area contributed by atoms with Crippen LogP contribution in [0.2, 0.25) is 5.02 Å². The highest BCUT2D eigenvalue weighted by Crippen LogP contribution is 2.62. The maximum atomic E-state index is 6.75. The molecule has 9 rings (SSSR count). The Labute approximate surface area is 236 Å². The summed E-state index contributed by atoms with van der Waals surface area (Å²) in [4.78, 5) is 0. The van der Waals surface area contributed by atoms with Gasteiger partial charge in [-0.15, -0.1) is 0 Å². The Morgan fingerprint density at radius 3 is 1.93 bits per heavy atom. The smallest absolute Gasteiger partial charge is 0.133 e. The third kappa shape index (κ3) is 2.69. The Kier molecular flexibility index (Phi) is 4.35. The second-order valence-electron chi connectivity index (χ2n) is 10.6. The van der Waals surface area contributed by atoms with Crippen LogP contribution in [0.25, 0.3) is 38.6 Å². The molecule has 1 spiro atoms. The number of hydrogen-bond acceptors (Lipinski definition) is 1. The monoisotopic (exact) mass is 531 g/mol. The van der Waals surface area contributed by atoms with Gasteiger partial charge in [0.05, 0.1) is 16.4 Å². The van der Waals surface area contributed by atoms with Gasteiger partial charge >= 0.3 is 0 Å². The SMILES string of the molecule is Clc1ccc2c(c1)Oc1cc3c4ccccc4n(-c4ccccc4)c3cc1C21c2ccccc2-c2ccccc21. The summed E-state index contributed by atoms with van der Waals surface area (Å²) < 4.78 is 9.13. The number of ether oxygens (including phenoxy) is 1. The lowest BCUT2D eigenvalue weighted by molar-refractivity contribution is 0.437. The summed E-state index contributed by atoms with van der Waals surface area (Å²) in [6, 6.07) is 47.5. The molecule has 3 heteroatoms. The number of hydrogen-bond donors (Lipinski definition) is 0. The van der Waals surface area contributed by atoms with Crippen molar-refractivity contribution in [2.45, 2.75) is 5.41 Å². The van der Waals surface area contributed by atoms with Crippen LogP contribution in [0.5, 0.6) is 11.5 Å². The summed E-state index contributed by atoms with van der Waals surface area (Å²) in [6.07, 6.45) is 0. The van der Waals surface area contributed by atoms with E-state index in [1.807, 2.05) is 12.1 Å². The minimum atomic E-state index is -0.535. The molecule has 6 aromatic carbocycles. The molecule has 7 aromatic rings. The lowest BCUT2D eigenvalue weighted by atomic mass is 9.66. The molecule has 2 heterocycles. The number of benzene rings is 6. The largest absolute Gasteiger partial charge is 0.457 e. The van der Waals surface area contributed by atoms with E-state index >= 15 is 0 Å². The Morgan fingerprint density at radius 1 is 0.500 bits per heavy atom. The maximum absolute atomic E-state index is 6.75. The average molecular weight is 532 g/mol. The fraction of sp³-hybridized carbons (Fsp3) is 0.0270. The highest BCUT2D eigenvalue weighted by molar-refractivity contribution is 6.30. The van der Waals surface area contributed by atoms with Crippen LogP contribution in [-0.4, -0.2) is 4.57 Å². The van der Waals surface area contributed by atoms with Crippen LogP contribution in [0, 0.1) is 0 Å². The van der Waals surface area contributed by atoms with Crippen molar-refractivity contribution < 1.29 is 4.74 Å². The first-order chi connectivity index (χ1) is 19.7. The molecule has 0 saturated carbocycles. The van der Waals surface area contributed by atoms with E-state index in [0.717, 1.165) is 33.8 Å². The summed E-state index contributed by atoms with van der Waals surface area (Å²) in [5.41, 5.74) is 10.3. The number of para-hydroxylation sites is 2. The van der Waals surface area contributed by atoms with E-state index in [4.69, 9.17) is 16.3 Å². The van der Waals surface area contributed by atoms with Crippen LogP contribution < -0.4 is 4.74 Å². The molecule has 1 aliphatic carbocycles. The van der Waals surface area contributed by atoms with E-state index in [2.05, 4.69) is 126 Å². The van der Waals surface area contributed by atoms with E-state index in [-0.39, 0.29) is 0 Å². The van der Waals surface area contributed by atoms with Crippen molar-refractivity contribution in [2.75, 3.05) is 0 Å². The van der Waals surface area contributed by atoms with Crippen LogP contribution in [0.3, 0.4) is 0 Å². The zero-order valence-corrected chi connectivity index (χ0v) is 22.2. The van der Waals surface area contributed by atoms with Gasteiger partial charge in [0.2, 0.25) is 0 Å². The minimum Gasteiger partial charge on any atom is -0.457 e. The average Bonchev–Trinajstić information content (AvgIpc) is 3.48. The lowest BCUT2D eigenvalue weighted by Crippen LogP contribution is -2.32. The van der Waals surface area contributed by atoms with Gasteiger partial charge in [0.25, 0.3) is 0 Å². The van der Waals surface area contributed by atoms with E-state index in [0.29, 0.717) is 5.02 Å². The fourth-order valence-corrected chi connectivity index (χ4v) is 7.36. The summed E-state index contributed by atoms with van der Waals surface area (Å²) in [5.74, 6) is 1.67. The van der Waals surface area contributed by atoms with E-state index in [9.17, 15) is 0 Å². The molecule has 0 bridgehead atoms. The molecule has 40 heavy (non-hydrogen) atoms. The zero-order chi connectivity index (χ0) is 26.4. The second-order valence-corrected chi connectivity index (χ2v) is 11.1. The number of aromatic nitrogens is 1. The van der Waals surface area contributed by atoms with Crippen molar-refractivity contribution >= 4 is 33.4 Å². The standard InChI is InChI=1S/C37H22ClNO/c38-23-18-19-31-35(20-23)40-36-21-28-27-14-6-9-17-33(27)39(24-10-2-1-3-11-24)34(28)22-32(36)37(31)29-15-7-4-12-25(29)26-13-5-8-16-30(26)37/h1-22H. The van der Waals surface area contributed by atoms with Crippen LogP contribution in [0.4, 0.5) is 0 Å². The third-order valence-corrected chi connectivity index (χ3v) is 8.95. The van der Waals surface area contributed by atoms with Crippen molar-refractivity contribution in [3.63, 3.8) is 0 Å². The Morgan fingerprint density at radius 2 is 1.15 bits per heavy atom. The number of halogens is 1. The number of nitrogens with zero attached hydrogens (tertiary/aromatic N) is 1. The normalized spacial score (nSPS) is 14.0. The molecule has 2 aliphatic rings. The van der Waals surface area contributed by atoms with Gasteiger partial charge < -0.3 is 9.30 Å². The molecule has 1 aliphatic heterocycles. The predicted molar refractivity (Wildman–Crippen MR) is 163 cm³/mol. The van der Waals surface area contributed by atoms with Gasteiger partial charge in [-0.1, -0.05) is 103 Å². The van der Waals surface area contributed by atoms with Gasteiger partial charge in [-0.2, -0.15) is 0 Å². The number of rotatable bonds is 1. The topological polar surface area (TPSA) is 14.2 Å². The number of fused-ring (bicyclic) bond motifs is 12. The van der Waals surface area contributed by atoms with Gasteiger partial charge in [-0.25, -0.2) is 0 Å². The van der Waals surface area contributed by atoms with Crippen LogP contribution in [0.15, 0.2) is 133 Å². The molecular weight excluding hydrogens is 510 g/mol. The van der Waals surface area contributed by atoms with Crippen LogP contribution >= 0.6 is 11.6 Å². The third-order valence-electron chi connectivity index (χ3n) is 8.71. The molecule has 0 unspecified atom stereocenters. The predicted octanol–water partition coefficient (Wildman–Crippen LogP) is 9.91. The summed E-state index contributed by atoms with van der Waals surface area (Å²) in [6.45, 7) is 0. The molecule has 2 nitrogen and oxygen atoms in total. The van der Waals surface area contributed by atoms with Crippen LogP contribution in [0.1, 0.15) is 22.3 Å². The van der Waals surface area contributed by atoms with E-state index < -0.39 is 5.41 Å². The van der Waals surface area contributed by atoms with E-state index in [1.165, 1.54) is 38.5 Å². The first-order valence-electron chi connectivity index (χ1n) is 13.6. The van der Waals surface area contributed by atoms with Gasteiger partial charge in [0.15, 0.2) is 0 Å². The van der Waals surface area contributed by atoms with Crippen molar-refractivity contribution in [1.29, 1.82) is 0 Å². The first kappa shape index (κ1) is 22.1. The van der Waals surface area contributed by atoms with Crippen molar-refractivity contribution in [2.24, 2.45) is 0 Å². The van der Waals surface area contributed by atoms with Crippen molar-refractivity contribution in [3.8, 4) is 28.3 Å².